The van der Waals surface area contributed by atoms with E-state index in [0.717, 1.165) is 5.75 Å². The zero-order valence-corrected chi connectivity index (χ0v) is 10.0. The van der Waals surface area contributed by atoms with Crippen LogP contribution in [-0.4, -0.2) is 7.11 Å². The first-order valence-corrected chi connectivity index (χ1v) is 5.52. The number of nitrogens with two attached hydrogens (primary N) is 1. The number of ether oxygens (including phenoxy) is 2. The molecular weight excluding hydrogens is 233 g/mol. The molecule has 0 radical (unpaired) electrons. The summed E-state index contributed by atoms with van der Waals surface area (Å²) in [5, 5.41) is 0. The Morgan fingerprint density at radius 1 is 1.00 bits per heavy atom. The molecular formula is C14H14FNO2. The van der Waals surface area contributed by atoms with Gasteiger partial charge in [-0.1, -0.05) is 0 Å². The fourth-order valence-electron chi connectivity index (χ4n) is 1.58. The van der Waals surface area contributed by atoms with Gasteiger partial charge in [-0.3, -0.25) is 0 Å². The first-order chi connectivity index (χ1) is 8.71. The normalized spacial score (nSPS) is 10.2. The van der Waals surface area contributed by atoms with Gasteiger partial charge in [0.25, 0.3) is 0 Å². The third kappa shape index (κ3) is 2.99. The highest BCUT2D eigenvalue weighted by Gasteiger charge is 2.02. The smallest absolute Gasteiger partial charge is 0.130 e. The van der Waals surface area contributed by atoms with Crippen molar-refractivity contribution in [3.8, 4) is 17.2 Å². The van der Waals surface area contributed by atoms with Crippen LogP contribution in [0.1, 0.15) is 5.56 Å². The van der Waals surface area contributed by atoms with Crippen LogP contribution in [0.25, 0.3) is 0 Å². The summed E-state index contributed by atoms with van der Waals surface area (Å²) in [6, 6.07) is 11.5. The summed E-state index contributed by atoms with van der Waals surface area (Å²) >= 11 is 0. The van der Waals surface area contributed by atoms with Crippen molar-refractivity contribution in [2.45, 2.75) is 6.54 Å². The lowest BCUT2D eigenvalue weighted by molar-refractivity contribution is 0.412. The average molecular weight is 247 g/mol. The maximum Gasteiger partial charge on any atom is 0.130 e. The number of hydrogen-bond acceptors (Lipinski definition) is 3. The molecule has 0 saturated carbocycles. The van der Waals surface area contributed by atoms with Crippen LogP contribution < -0.4 is 15.2 Å². The number of hydrogen-bond donors (Lipinski definition) is 1. The minimum absolute atomic E-state index is 0.275. The molecule has 0 saturated heterocycles. The van der Waals surface area contributed by atoms with Crippen molar-refractivity contribution in [3.05, 3.63) is 53.8 Å². The fourth-order valence-corrected chi connectivity index (χ4v) is 1.58. The first-order valence-electron chi connectivity index (χ1n) is 5.52. The van der Waals surface area contributed by atoms with Crippen LogP contribution in [0.4, 0.5) is 4.39 Å². The topological polar surface area (TPSA) is 44.5 Å². The molecule has 0 heterocycles. The highest BCUT2D eigenvalue weighted by Crippen LogP contribution is 2.25. The van der Waals surface area contributed by atoms with Gasteiger partial charge in [0.15, 0.2) is 0 Å². The Hall–Kier alpha value is -2.07. The molecule has 3 nitrogen and oxygen atoms in total. The van der Waals surface area contributed by atoms with Gasteiger partial charge in [-0.2, -0.15) is 0 Å². The number of benzene rings is 2. The minimum atomic E-state index is -0.360. The van der Waals surface area contributed by atoms with Gasteiger partial charge < -0.3 is 15.2 Å². The van der Waals surface area contributed by atoms with E-state index in [1.165, 1.54) is 12.1 Å². The summed E-state index contributed by atoms with van der Waals surface area (Å²) < 4.78 is 23.9. The van der Waals surface area contributed by atoms with Crippen molar-refractivity contribution in [1.82, 2.24) is 0 Å². The van der Waals surface area contributed by atoms with Gasteiger partial charge in [0, 0.05) is 12.6 Å². The molecule has 2 aromatic carbocycles. The largest absolute Gasteiger partial charge is 0.497 e. The Morgan fingerprint density at radius 3 is 2.28 bits per heavy atom. The van der Waals surface area contributed by atoms with Crippen molar-refractivity contribution in [3.63, 3.8) is 0 Å². The average Bonchev–Trinajstić information content (AvgIpc) is 2.39. The summed E-state index contributed by atoms with van der Waals surface area (Å²) in [4.78, 5) is 0. The van der Waals surface area contributed by atoms with Crippen LogP contribution in [0.3, 0.4) is 0 Å². The highest BCUT2D eigenvalue weighted by molar-refractivity contribution is 5.37. The van der Waals surface area contributed by atoms with E-state index in [2.05, 4.69) is 0 Å². The third-order valence-electron chi connectivity index (χ3n) is 2.46. The van der Waals surface area contributed by atoms with Crippen molar-refractivity contribution in [2.24, 2.45) is 5.73 Å². The molecule has 0 amide bonds. The first kappa shape index (κ1) is 12.4. The predicted molar refractivity (Wildman–Crippen MR) is 67.4 cm³/mol. The molecule has 0 aliphatic heterocycles. The predicted octanol–water partition coefficient (Wildman–Crippen LogP) is 3.09. The van der Waals surface area contributed by atoms with Gasteiger partial charge in [-0.15, -0.1) is 0 Å². The van der Waals surface area contributed by atoms with E-state index in [-0.39, 0.29) is 12.4 Å². The summed E-state index contributed by atoms with van der Waals surface area (Å²) in [5.41, 5.74) is 6.17. The van der Waals surface area contributed by atoms with Crippen LogP contribution in [0, 0.1) is 5.82 Å². The van der Waals surface area contributed by atoms with Crippen LogP contribution in [-0.2, 0) is 6.54 Å². The van der Waals surface area contributed by atoms with Crippen LogP contribution in [0.2, 0.25) is 0 Å². The SMILES string of the molecule is COc1ccc(Oc2cc(F)cc(CN)c2)cc1. The molecule has 0 aliphatic carbocycles. The third-order valence-corrected chi connectivity index (χ3v) is 2.46. The Labute approximate surface area is 105 Å². The zero-order chi connectivity index (χ0) is 13.0. The molecule has 0 aliphatic rings. The molecule has 0 unspecified atom stereocenters. The van der Waals surface area contributed by atoms with Crippen molar-refractivity contribution in [1.29, 1.82) is 0 Å². The Bertz CT molecular complexity index is 526. The Kier molecular flexibility index (Phi) is 3.79. The molecule has 18 heavy (non-hydrogen) atoms. The molecule has 0 fully saturated rings. The van der Waals surface area contributed by atoms with E-state index in [1.54, 1.807) is 37.4 Å². The molecule has 0 atom stereocenters. The lowest BCUT2D eigenvalue weighted by Crippen LogP contribution is -1.97. The van der Waals surface area contributed by atoms with Crippen LogP contribution >= 0.6 is 0 Å². The molecule has 2 rings (SSSR count). The maximum absolute atomic E-state index is 13.3. The molecule has 2 aromatic rings. The molecule has 0 spiro atoms. The number of methoxy groups -OCH3 is 1. The summed E-state index contributed by atoms with van der Waals surface area (Å²) in [6.45, 7) is 0.275. The van der Waals surface area contributed by atoms with E-state index < -0.39 is 0 Å². The van der Waals surface area contributed by atoms with Crippen molar-refractivity contribution < 1.29 is 13.9 Å². The monoisotopic (exact) mass is 247 g/mol. The number of rotatable bonds is 4. The molecule has 0 aromatic heterocycles. The lowest BCUT2D eigenvalue weighted by Gasteiger charge is -2.08. The van der Waals surface area contributed by atoms with Gasteiger partial charge in [-0.25, -0.2) is 4.39 Å². The van der Waals surface area contributed by atoms with E-state index in [4.69, 9.17) is 15.2 Å². The summed E-state index contributed by atoms with van der Waals surface area (Å²) in [6.07, 6.45) is 0. The van der Waals surface area contributed by atoms with Gasteiger partial charge in [0.1, 0.15) is 23.1 Å². The fraction of sp³-hybridized carbons (Fsp3) is 0.143. The van der Waals surface area contributed by atoms with Crippen molar-refractivity contribution >= 4 is 0 Å². The molecule has 4 heteroatoms. The lowest BCUT2D eigenvalue weighted by atomic mass is 10.2. The Morgan fingerprint density at radius 2 is 1.67 bits per heavy atom. The van der Waals surface area contributed by atoms with Gasteiger partial charge in [-0.05, 0) is 42.0 Å². The quantitative estimate of drug-likeness (QED) is 0.903. The van der Waals surface area contributed by atoms with Gasteiger partial charge in [0.2, 0.25) is 0 Å². The van der Waals surface area contributed by atoms with E-state index in [1.807, 2.05) is 0 Å². The van der Waals surface area contributed by atoms with Crippen LogP contribution in [0.15, 0.2) is 42.5 Å². The van der Waals surface area contributed by atoms with E-state index in [0.29, 0.717) is 17.1 Å². The second-order valence-electron chi connectivity index (χ2n) is 3.78. The highest BCUT2D eigenvalue weighted by atomic mass is 19.1. The van der Waals surface area contributed by atoms with Gasteiger partial charge in [0.05, 0.1) is 7.11 Å². The maximum atomic E-state index is 13.3. The molecule has 94 valence electrons. The number of halogens is 1. The van der Waals surface area contributed by atoms with E-state index in [9.17, 15) is 4.39 Å². The summed E-state index contributed by atoms with van der Waals surface area (Å²) in [5.74, 6) is 1.43. The second kappa shape index (κ2) is 5.51. The zero-order valence-electron chi connectivity index (χ0n) is 10.0. The molecule has 0 bridgehead atoms. The van der Waals surface area contributed by atoms with E-state index >= 15 is 0 Å². The summed E-state index contributed by atoms with van der Waals surface area (Å²) in [7, 11) is 1.59. The van der Waals surface area contributed by atoms with Gasteiger partial charge >= 0.3 is 0 Å². The minimum Gasteiger partial charge on any atom is -0.497 e. The van der Waals surface area contributed by atoms with Crippen LogP contribution in [0.5, 0.6) is 17.2 Å². The molecule has 2 N–H and O–H groups in total. The standard InChI is InChI=1S/C14H14FNO2/c1-17-12-2-4-13(5-3-12)18-14-7-10(9-16)6-11(15)8-14/h2-8H,9,16H2,1H3. The second-order valence-corrected chi connectivity index (χ2v) is 3.78. The van der Waals surface area contributed by atoms with Crippen molar-refractivity contribution in [2.75, 3.05) is 7.11 Å². The Balaban J connectivity index is 2.19.